The van der Waals surface area contributed by atoms with Gasteiger partial charge in [-0.2, -0.15) is 0 Å². The molecule has 1 aromatic carbocycles. The Balaban J connectivity index is 1.58. The Morgan fingerprint density at radius 3 is 2.89 bits per heavy atom. The van der Waals surface area contributed by atoms with Crippen molar-refractivity contribution in [2.24, 2.45) is 11.8 Å². The molecule has 0 aliphatic heterocycles. The van der Waals surface area contributed by atoms with Gasteiger partial charge in [0.2, 0.25) is 0 Å². The van der Waals surface area contributed by atoms with Crippen molar-refractivity contribution in [2.45, 2.75) is 57.5 Å². The Kier molecular flexibility index (Phi) is 3.43. The molecule has 0 bridgehead atoms. The molecule has 2 aliphatic rings. The molecule has 4 atom stereocenters. The molecule has 1 heteroatoms. The van der Waals surface area contributed by atoms with Crippen LogP contribution in [0, 0.1) is 11.8 Å². The van der Waals surface area contributed by atoms with Crippen molar-refractivity contribution in [2.75, 3.05) is 0 Å². The number of hydrogen-bond donors (Lipinski definition) is 1. The molecule has 2 aliphatic carbocycles. The number of aliphatic hydroxyl groups excluding tert-OH is 1. The Morgan fingerprint density at radius 2 is 2.11 bits per heavy atom. The minimum atomic E-state index is -0.0777. The highest BCUT2D eigenvalue weighted by Gasteiger charge is 2.32. The fourth-order valence-corrected chi connectivity index (χ4v) is 3.89. The maximum Gasteiger partial charge on any atom is 0.0574 e. The first-order valence-electron chi connectivity index (χ1n) is 7.50. The van der Waals surface area contributed by atoms with Gasteiger partial charge in [0.1, 0.15) is 0 Å². The van der Waals surface area contributed by atoms with Crippen LogP contribution in [-0.2, 0) is 6.42 Å². The summed E-state index contributed by atoms with van der Waals surface area (Å²) in [7, 11) is 0. The highest BCUT2D eigenvalue weighted by molar-refractivity contribution is 5.39. The van der Waals surface area contributed by atoms with E-state index >= 15 is 0 Å². The zero-order valence-electron chi connectivity index (χ0n) is 11.3. The van der Waals surface area contributed by atoms with Crippen molar-refractivity contribution in [1.29, 1.82) is 0 Å². The van der Waals surface area contributed by atoms with Gasteiger partial charge in [0.05, 0.1) is 6.10 Å². The van der Waals surface area contributed by atoms with Gasteiger partial charge in [-0.3, -0.25) is 0 Å². The quantitative estimate of drug-likeness (QED) is 0.855. The molecule has 0 aromatic heterocycles. The number of benzene rings is 1. The molecule has 0 saturated heterocycles. The van der Waals surface area contributed by atoms with E-state index in [9.17, 15) is 5.11 Å². The largest absolute Gasteiger partial charge is 0.393 e. The summed E-state index contributed by atoms with van der Waals surface area (Å²) in [5.41, 5.74) is 2.98. The van der Waals surface area contributed by atoms with Crippen LogP contribution >= 0.6 is 0 Å². The number of hydrogen-bond acceptors (Lipinski definition) is 1. The van der Waals surface area contributed by atoms with Gasteiger partial charge in [-0.05, 0) is 54.6 Å². The second-order valence-corrected chi connectivity index (χ2v) is 6.43. The summed E-state index contributed by atoms with van der Waals surface area (Å²) in [6.45, 7) is 2.33. The van der Waals surface area contributed by atoms with E-state index in [1.54, 1.807) is 0 Å². The van der Waals surface area contributed by atoms with Crippen LogP contribution in [0.15, 0.2) is 24.3 Å². The van der Waals surface area contributed by atoms with Crippen LogP contribution in [0.25, 0.3) is 0 Å². The molecule has 18 heavy (non-hydrogen) atoms. The van der Waals surface area contributed by atoms with Crippen molar-refractivity contribution < 1.29 is 5.11 Å². The summed E-state index contributed by atoms with van der Waals surface area (Å²) in [6.07, 6.45) is 7.21. The van der Waals surface area contributed by atoms with Crippen LogP contribution in [0.2, 0.25) is 0 Å². The lowest BCUT2D eigenvalue weighted by Crippen LogP contribution is -2.30. The first kappa shape index (κ1) is 12.2. The van der Waals surface area contributed by atoms with Gasteiger partial charge in [-0.1, -0.05) is 44.0 Å². The van der Waals surface area contributed by atoms with Crippen molar-refractivity contribution in [3.63, 3.8) is 0 Å². The summed E-state index contributed by atoms with van der Waals surface area (Å²) in [5.74, 6) is 1.99. The highest BCUT2D eigenvalue weighted by atomic mass is 16.3. The summed E-state index contributed by atoms with van der Waals surface area (Å²) in [5, 5.41) is 10.5. The van der Waals surface area contributed by atoms with Crippen molar-refractivity contribution in [3.8, 4) is 0 Å². The number of fused-ring (bicyclic) bond motifs is 1. The van der Waals surface area contributed by atoms with Crippen LogP contribution in [0.1, 0.15) is 56.1 Å². The lowest BCUT2D eigenvalue weighted by atomic mass is 9.71. The van der Waals surface area contributed by atoms with E-state index in [0.717, 1.165) is 12.3 Å². The number of aliphatic hydroxyl groups is 1. The van der Waals surface area contributed by atoms with E-state index in [4.69, 9.17) is 0 Å². The monoisotopic (exact) mass is 244 g/mol. The van der Waals surface area contributed by atoms with E-state index in [2.05, 4.69) is 31.2 Å². The lowest BCUT2D eigenvalue weighted by molar-refractivity contribution is 0.0571. The Bertz CT molecular complexity index is 412. The fraction of sp³-hybridized carbons (Fsp3) is 0.647. The average Bonchev–Trinajstić information content (AvgIpc) is 2.36. The van der Waals surface area contributed by atoms with Gasteiger partial charge in [-0.25, -0.2) is 0 Å². The van der Waals surface area contributed by atoms with Gasteiger partial charge in [0.25, 0.3) is 0 Å². The standard InChI is InChI=1S/C17H24O/c1-12-5-4-7-14(9-12)17(18)11-15-10-13-6-2-3-8-16(13)15/h2-3,6,8,12,14-15,17-18H,4-5,7,9-11H2,1H3. The molecule has 4 unspecified atom stereocenters. The van der Waals surface area contributed by atoms with E-state index in [1.165, 1.54) is 43.2 Å². The van der Waals surface area contributed by atoms with E-state index in [1.807, 2.05) is 0 Å². The molecule has 3 rings (SSSR count). The summed E-state index contributed by atoms with van der Waals surface area (Å²) in [6, 6.07) is 8.70. The Hall–Kier alpha value is -0.820. The van der Waals surface area contributed by atoms with E-state index in [-0.39, 0.29) is 6.10 Å². The first-order valence-corrected chi connectivity index (χ1v) is 7.50. The molecule has 0 spiro atoms. The third kappa shape index (κ3) is 2.33. The van der Waals surface area contributed by atoms with Crippen molar-refractivity contribution in [1.82, 2.24) is 0 Å². The summed E-state index contributed by atoms with van der Waals surface area (Å²) >= 11 is 0. The van der Waals surface area contributed by atoms with Crippen LogP contribution < -0.4 is 0 Å². The van der Waals surface area contributed by atoms with Crippen LogP contribution in [0.5, 0.6) is 0 Å². The molecule has 0 radical (unpaired) electrons. The van der Waals surface area contributed by atoms with Crippen LogP contribution in [-0.4, -0.2) is 11.2 Å². The predicted molar refractivity (Wildman–Crippen MR) is 74.6 cm³/mol. The SMILES string of the molecule is CC1CCCC(C(O)CC2Cc3ccccc32)C1. The Morgan fingerprint density at radius 1 is 1.28 bits per heavy atom. The third-order valence-corrected chi connectivity index (χ3v) is 5.01. The zero-order valence-corrected chi connectivity index (χ0v) is 11.3. The minimum Gasteiger partial charge on any atom is -0.393 e. The van der Waals surface area contributed by atoms with Crippen LogP contribution in [0.3, 0.4) is 0 Å². The minimum absolute atomic E-state index is 0.0777. The molecule has 0 heterocycles. The van der Waals surface area contributed by atoms with Gasteiger partial charge in [0, 0.05) is 0 Å². The number of rotatable bonds is 3. The highest BCUT2D eigenvalue weighted by Crippen LogP contribution is 2.41. The van der Waals surface area contributed by atoms with E-state index < -0.39 is 0 Å². The average molecular weight is 244 g/mol. The third-order valence-electron chi connectivity index (χ3n) is 5.01. The molecule has 98 valence electrons. The van der Waals surface area contributed by atoms with Gasteiger partial charge in [-0.15, -0.1) is 0 Å². The normalized spacial score (nSPS) is 32.4. The van der Waals surface area contributed by atoms with E-state index in [0.29, 0.717) is 11.8 Å². The Labute approximate surface area is 110 Å². The maximum absolute atomic E-state index is 10.5. The zero-order chi connectivity index (χ0) is 12.5. The van der Waals surface area contributed by atoms with Gasteiger partial charge in [0.15, 0.2) is 0 Å². The predicted octanol–water partition coefficient (Wildman–Crippen LogP) is 3.90. The first-order chi connectivity index (χ1) is 8.74. The molecule has 1 fully saturated rings. The van der Waals surface area contributed by atoms with Gasteiger partial charge < -0.3 is 5.11 Å². The molecular formula is C17H24O. The summed E-state index contributed by atoms with van der Waals surface area (Å²) < 4.78 is 0. The maximum atomic E-state index is 10.5. The lowest BCUT2D eigenvalue weighted by Gasteiger charge is -2.36. The molecule has 0 amide bonds. The molecule has 1 saturated carbocycles. The molecule has 1 N–H and O–H groups in total. The smallest absolute Gasteiger partial charge is 0.0574 e. The van der Waals surface area contributed by atoms with Crippen LogP contribution in [0.4, 0.5) is 0 Å². The fourth-order valence-electron chi connectivity index (χ4n) is 3.89. The molecule has 1 aromatic rings. The van der Waals surface area contributed by atoms with Gasteiger partial charge >= 0.3 is 0 Å². The second-order valence-electron chi connectivity index (χ2n) is 6.43. The van der Waals surface area contributed by atoms with Crippen molar-refractivity contribution >= 4 is 0 Å². The van der Waals surface area contributed by atoms with Crippen molar-refractivity contribution in [3.05, 3.63) is 35.4 Å². The second kappa shape index (κ2) is 5.05. The molecule has 1 nitrogen and oxygen atoms in total. The summed E-state index contributed by atoms with van der Waals surface area (Å²) in [4.78, 5) is 0. The molecular weight excluding hydrogens is 220 g/mol. The topological polar surface area (TPSA) is 20.2 Å².